The molecule has 3 heteroatoms. The number of benzene rings is 1. The van der Waals surface area contributed by atoms with Crippen molar-refractivity contribution in [3.05, 3.63) is 35.1 Å². The molecule has 3 aliphatic rings. The fourth-order valence-corrected chi connectivity index (χ4v) is 7.12. The molecular formula is C28H45FN2. The first-order chi connectivity index (χ1) is 15.1. The lowest BCUT2D eigenvalue weighted by Gasteiger charge is -2.39. The second kappa shape index (κ2) is 10.8. The second-order valence-electron chi connectivity index (χ2n) is 11.0. The summed E-state index contributed by atoms with van der Waals surface area (Å²) in [6, 6.07) is 7.30. The van der Waals surface area contributed by atoms with Crippen LogP contribution in [0.25, 0.3) is 0 Å². The first-order valence-electron chi connectivity index (χ1n) is 13.3. The number of hydrogen-bond acceptors (Lipinski definition) is 2. The lowest BCUT2D eigenvalue weighted by Crippen LogP contribution is -2.34. The fourth-order valence-electron chi connectivity index (χ4n) is 7.12. The largest absolute Gasteiger partial charge is 0.327 e. The van der Waals surface area contributed by atoms with Crippen molar-refractivity contribution in [3.8, 4) is 0 Å². The Kier molecular flexibility index (Phi) is 8.09. The summed E-state index contributed by atoms with van der Waals surface area (Å²) in [5.41, 5.74) is 8.52. The van der Waals surface area contributed by atoms with Crippen molar-refractivity contribution < 1.29 is 4.39 Å². The molecule has 3 saturated carbocycles. The van der Waals surface area contributed by atoms with Crippen molar-refractivity contribution in [2.75, 3.05) is 7.05 Å². The maximum absolute atomic E-state index is 15.0. The van der Waals surface area contributed by atoms with Crippen LogP contribution in [0.3, 0.4) is 0 Å². The van der Waals surface area contributed by atoms with Gasteiger partial charge in [-0.3, -0.25) is 0 Å². The lowest BCUT2D eigenvalue weighted by molar-refractivity contribution is 0.149. The Hall–Kier alpha value is -0.930. The molecule has 1 aromatic rings. The molecule has 31 heavy (non-hydrogen) atoms. The van der Waals surface area contributed by atoms with Gasteiger partial charge < -0.3 is 11.1 Å². The molecule has 0 heterocycles. The normalized spacial score (nSPS) is 35.6. The van der Waals surface area contributed by atoms with Gasteiger partial charge in [-0.1, -0.05) is 19.1 Å². The fraction of sp³-hybridized carbons (Fsp3) is 0.786. The molecule has 2 nitrogen and oxygen atoms in total. The van der Waals surface area contributed by atoms with E-state index >= 15 is 4.39 Å². The van der Waals surface area contributed by atoms with Gasteiger partial charge in [0, 0.05) is 12.1 Å². The van der Waals surface area contributed by atoms with Crippen molar-refractivity contribution >= 4 is 0 Å². The van der Waals surface area contributed by atoms with E-state index in [9.17, 15) is 0 Å². The topological polar surface area (TPSA) is 38.0 Å². The number of hydrogen-bond donors (Lipinski definition) is 2. The third kappa shape index (κ3) is 5.53. The van der Waals surface area contributed by atoms with E-state index in [0.29, 0.717) is 23.9 Å². The molecule has 0 radical (unpaired) electrons. The van der Waals surface area contributed by atoms with Gasteiger partial charge >= 0.3 is 0 Å². The zero-order valence-corrected chi connectivity index (χ0v) is 19.9. The average Bonchev–Trinajstić information content (AvgIpc) is 2.84. The van der Waals surface area contributed by atoms with E-state index in [1.807, 2.05) is 13.1 Å². The van der Waals surface area contributed by atoms with Crippen LogP contribution in [0.5, 0.6) is 0 Å². The van der Waals surface area contributed by atoms with Gasteiger partial charge in [0.2, 0.25) is 0 Å². The Morgan fingerprint density at radius 1 is 0.871 bits per heavy atom. The van der Waals surface area contributed by atoms with Gasteiger partial charge in [0.05, 0.1) is 0 Å². The molecule has 0 bridgehead atoms. The second-order valence-corrected chi connectivity index (χ2v) is 11.0. The van der Waals surface area contributed by atoms with Crippen LogP contribution in [-0.4, -0.2) is 19.1 Å². The first-order valence-corrected chi connectivity index (χ1v) is 13.3. The molecule has 3 N–H and O–H groups in total. The Bertz CT molecular complexity index is 680. The number of rotatable bonds is 6. The van der Waals surface area contributed by atoms with Crippen LogP contribution >= 0.6 is 0 Å². The minimum Gasteiger partial charge on any atom is -0.327 e. The minimum absolute atomic E-state index is 0.0538. The Balaban J connectivity index is 1.28. The van der Waals surface area contributed by atoms with Gasteiger partial charge in [-0.15, -0.1) is 0 Å². The summed E-state index contributed by atoms with van der Waals surface area (Å²) < 4.78 is 15.0. The van der Waals surface area contributed by atoms with E-state index in [1.54, 1.807) is 0 Å². The summed E-state index contributed by atoms with van der Waals surface area (Å²) in [6.07, 6.45) is 16.2. The van der Waals surface area contributed by atoms with E-state index in [4.69, 9.17) is 5.73 Å². The van der Waals surface area contributed by atoms with E-state index in [2.05, 4.69) is 24.4 Å². The predicted octanol–water partition coefficient (Wildman–Crippen LogP) is 6.89. The zero-order valence-electron chi connectivity index (χ0n) is 19.9. The summed E-state index contributed by atoms with van der Waals surface area (Å²) >= 11 is 0. The van der Waals surface area contributed by atoms with Crippen LogP contribution in [0.4, 0.5) is 4.39 Å². The molecule has 0 amide bonds. The van der Waals surface area contributed by atoms with Crippen LogP contribution in [0.15, 0.2) is 18.2 Å². The van der Waals surface area contributed by atoms with Crippen LogP contribution in [0.1, 0.15) is 113 Å². The lowest BCUT2D eigenvalue weighted by atomic mass is 9.67. The Morgan fingerprint density at radius 2 is 1.45 bits per heavy atom. The molecule has 174 valence electrons. The SMILES string of the molecule is CCC(N)C1CCC(C2CCC(c3ccc(C4CCC(NC)CC4)c(F)c3)CC2)CC1. The number of halogens is 1. The first kappa shape index (κ1) is 23.2. The highest BCUT2D eigenvalue weighted by molar-refractivity contribution is 5.30. The Labute approximate surface area is 189 Å². The summed E-state index contributed by atoms with van der Waals surface area (Å²) in [7, 11) is 2.04. The maximum atomic E-state index is 15.0. The summed E-state index contributed by atoms with van der Waals surface area (Å²) in [4.78, 5) is 0. The molecule has 1 atom stereocenters. The summed E-state index contributed by atoms with van der Waals surface area (Å²) in [5.74, 6) is 3.58. The summed E-state index contributed by atoms with van der Waals surface area (Å²) in [6.45, 7) is 2.22. The smallest absolute Gasteiger partial charge is 0.126 e. The third-order valence-electron chi connectivity index (χ3n) is 9.40. The molecular weight excluding hydrogens is 383 g/mol. The molecule has 0 saturated heterocycles. The van der Waals surface area contributed by atoms with Gasteiger partial charge in [0.25, 0.3) is 0 Å². The Morgan fingerprint density at radius 3 is 2.00 bits per heavy atom. The van der Waals surface area contributed by atoms with Crippen molar-refractivity contribution in [3.63, 3.8) is 0 Å². The van der Waals surface area contributed by atoms with Gasteiger partial charge in [-0.25, -0.2) is 4.39 Å². The highest BCUT2D eigenvalue weighted by atomic mass is 19.1. The standard InChI is InChI=1S/C28H45FN2/c1-3-28(30)23-10-8-20(9-11-23)19-4-6-21(7-5-19)24-14-17-26(27(29)18-24)22-12-15-25(31-2)16-13-22/h14,17-23,25,28,31H,3-13,15-16,30H2,1-2H3. The van der Waals surface area contributed by atoms with E-state index in [0.717, 1.165) is 42.6 Å². The number of nitrogens with two attached hydrogens (primary N) is 1. The molecule has 0 spiro atoms. The summed E-state index contributed by atoms with van der Waals surface area (Å²) in [5, 5.41) is 3.38. The molecule has 1 aromatic carbocycles. The molecule has 3 fully saturated rings. The van der Waals surface area contributed by atoms with Crippen LogP contribution in [0.2, 0.25) is 0 Å². The molecule has 1 unspecified atom stereocenters. The highest BCUT2D eigenvalue weighted by Gasteiger charge is 2.33. The molecule has 3 aliphatic carbocycles. The maximum Gasteiger partial charge on any atom is 0.126 e. The van der Waals surface area contributed by atoms with Crippen molar-refractivity contribution in [1.29, 1.82) is 0 Å². The molecule has 4 rings (SSSR count). The highest BCUT2D eigenvalue weighted by Crippen LogP contribution is 2.45. The van der Waals surface area contributed by atoms with Crippen molar-refractivity contribution in [2.24, 2.45) is 23.5 Å². The molecule has 0 aliphatic heterocycles. The van der Waals surface area contributed by atoms with Crippen LogP contribution < -0.4 is 11.1 Å². The quantitative estimate of drug-likeness (QED) is 0.518. The minimum atomic E-state index is 0.0538. The number of nitrogens with one attached hydrogen (secondary N) is 1. The van der Waals surface area contributed by atoms with Gasteiger partial charge in [-0.2, -0.15) is 0 Å². The monoisotopic (exact) mass is 428 g/mol. The van der Waals surface area contributed by atoms with E-state index in [-0.39, 0.29) is 5.82 Å². The third-order valence-corrected chi connectivity index (χ3v) is 9.40. The van der Waals surface area contributed by atoms with E-state index in [1.165, 1.54) is 69.8 Å². The average molecular weight is 429 g/mol. The van der Waals surface area contributed by atoms with Crippen molar-refractivity contribution in [2.45, 2.75) is 114 Å². The van der Waals surface area contributed by atoms with Gasteiger partial charge in [0.15, 0.2) is 0 Å². The van der Waals surface area contributed by atoms with Crippen LogP contribution in [-0.2, 0) is 0 Å². The van der Waals surface area contributed by atoms with Crippen LogP contribution in [0, 0.1) is 23.6 Å². The van der Waals surface area contributed by atoms with Crippen molar-refractivity contribution in [1.82, 2.24) is 5.32 Å². The van der Waals surface area contributed by atoms with E-state index < -0.39 is 0 Å². The molecule has 0 aromatic heterocycles. The van der Waals surface area contributed by atoms with Gasteiger partial charge in [0.1, 0.15) is 5.82 Å². The zero-order chi connectivity index (χ0) is 21.8. The predicted molar refractivity (Wildman–Crippen MR) is 129 cm³/mol. The van der Waals surface area contributed by atoms with Gasteiger partial charge in [-0.05, 0) is 137 Å².